The van der Waals surface area contributed by atoms with Gasteiger partial charge in [0.1, 0.15) is 42.2 Å². The summed E-state index contributed by atoms with van der Waals surface area (Å²) in [6.07, 6.45) is -1.44. The molecule has 0 spiro atoms. The topological polar surface area (TPSA) is 113 Å². The Bertz CT molecular complexity index is 955. The fourth-order valence-corrected chi connectivity index (χ4v) is 2.37. The van der Waals surface area contributed by atoms with E-state index in [1.807, 2.05) is 6.92 Å². The first-order chi connectivity index (χ1) is 15.0. The van der Waals surface area contributed by atoms with Gasteiger partial charge >= 0.3 is 6.18 Å². The number of H-pyrrole nitrogens is 1. The van der Waals surface area contributed by atoms with Crippen molar-refractivity contribution in [3.8, 4) is 16.9 Å². The molecule has 32 heavy (non-hydrogen) atoms. The molecule has 11 heteroatoms. The number of aromatic amines is 1. The van der Waals surface area contributed by atoms with Crippen LogP contribution in [0.1, 0.15) is 23.0 Å². The van der Waals surface area contributed by atoms with Gasteiger partial charge in [0, 0.05) is 19.8 Å². The van der Waals surface area contributed by atoms with Crippen LogP contribution < -0.4 is 16.0 Å². The Morgan fingerprint density at radius 2 is 1.75 bits per heavy atom. The van der Waals surface area contributed by atoms with Gasteiger partial charge in [0.05, 0.1) is 7.11 Å². The number of methoxy groups -OCH3 is 2. The largest absolute Gasteiger partial charge is 0.497 e. The Labute approximate surface area is 182 Å². The summed E-state index contributed by atoms with van der Waals surface area (Å²) >= 11 is 0. The molecule has 1 aromatic heterocycles. The van der Waals surface area contributed by atoms with Crippen molar-refractivity contribution in [1.82, 2.24) is 4.98 Å². The van der Waals surface area contributed by atoms with Gasteiger partial charge in [-0.2, -0.15) is 13.2 Å². The van der Waals surface area contributed by atoms with Crippen LogP contribution in [-0.2, 0) is 20.4 Å². The molecule has 3 rings (SSSR count). The molecule has 1 atom stereocenters. The maximum Gasteiger partial charge on any atom is 0.431 e. The first kappa shape index (κ1) is 26.6. The number of primary amides is 1. The zero-order valence-corrected chi connectivity index (χ0v) is 18.0. The average molecular weight is 458 g/mol. The van der Waals surface area contributed by atoms with E-state index in [1.54, 1.807) is 31.7 Å². The van der Waals surface area contributed by atoms with E-state index >= 15 is 0 Å². The van der Waals surface area contributed by atoms with E-state index in [2.05, 4.69) is 4.74 Å². The molecule has 0 bridgehead atoms. The number of aromatic nitrogens is 1. The third-order valence-corrected chi connectivity index (χ3v) is 3.78. The van der Waals surface area contributed by atoms with Crippen LogP contribution in [0.4, 0.5) is 13.2 Å². The summed E-state index contributed by atoms with van der Waals surface area (Å²) in [5.74, 6) is -0.651. The number of rotatable bonds is 3. The van der Waals surface area contributed by atoms with Crippen LogP contribution in [0.15, 0.2) is 47.7 Å². The summed E-state index contributed by atoms with van der Waals surface area (Å²) in [7, 11) is 4.67. The molecular formula is C21H25F3N2O6. The highest BCUT2D eigenvalue weighted by molar-refractivity contribution is 5.93. The molecule has 1 aliphatic heterocycles. The Hall–Kier alpha value is -3.47. The molecule has 3 N–H and O–H groups in total. The average Bonchev–Trinajstić information content (AvgIpc) is 2.74. The van der Waals surface area contributed by atoms with Crippen molar-refractivity contribution in [3.63, 3.8) is 0 Å². The quantitative estimate of drug-likeness (QED) is 0.730. The number of pyridine rings is 1. The maximum atomic E-state index is 13.1. The molecule has 0 aliphatic carbocycles. The molecule has 2 heterocycles. The number of carbonyl (C=O) groups excluding carboxylic acids is 1. The van der Waals surface area contributed by atoms with Gasteiger partial charge in [-0.15, -0.1) is 0 Å². The molecule has 176 valence electrons. The first-order valence-corrected chi connectivity index (χ1v) is 9.16. The van der Waals surface area contributed by atoms with Crippen LogP contribution >= 0.6 is 0 Å². The summed E-state index contributed by atoms with van der Waals surface area (Å²) < 4.78 is 58.3. The first-order valence-electron chi connectivity index (χ1n) is 9.16. The molecule has 0 radical (unpaired) electrons. The van der Waals surface area contributed by atoms with Gasteiger partial charge in [-0.05, 0) is 30.7 Å². The fraction of sp³-hybridized carbons (Fsp3) is 0.333. The second kappa shape index (κ2) is 12.4. The molecule has 0 fully saturated rings. The van der Waals surface area contributed by atoms with Crippen molar-refractivity contribution >= 4 is 5.91 Å². The van der Waals surface area contributed by atoms with E-state index in [0.29, 0.717) is 12.4 Å². The van der Waals surface area contributed by atoms with Crippen molar-refractivity contribution < 1.29 is 36.9 Å². The van der Waals surface area contributed by atoms with Gasteiger partial charge < -0.3 is 29.7 Å². The molecule has 0 saturated carbocycles. The number of benzene rings is 1. The number of hydrogen-bond acceptors (Lipinski definition) is 6. The molecule has 1 aliphatic rings. The lowest BCUT2D eigenvalue weighted by Gasteiger charge is -2.14. The van der Waals surface area contributed by atoms with E-state index in [4.69, 9.17) is 19.9 Å². The molecule has 1 aromatic carbocycles. The van der Waals surface area contributed by atoms with Crippen LogP contribution in [0.5, 0.6) is 5.75 Å². The number of ether oxygens (including phenoxy) is 4. The molecule has 2 aromatic rings. The monoisotopic (exact) mass is 458 g/mol. The van der Waals surface area contributed by atoms with Crippen molar-refractivity contribution in [1.29, 1.82) is 0 Å². The van der Waals surface area contributed by atoms with Crippen LogP contribution in [0.2, 0.25) is 0 Å². The Morgan fingerprint density at radius 1 is 1.16 bits per heavy atom. The van der Waals surface area contributed by atoms with Crippen LogP contribution in [-0.4, -0.2) is 44.9 Å². The standard InChI is InChI=1S/C14H11F3N2O3.C5H8O2.C2H6O/c1-22-8-4-2-7(3-5-8)9-6-10(12(18)20)13(21)19-11(9)14(15,16)17;1-5-4-6-2-3-7-5;1-3-2/h2-6H,1H3,(H2,18,20)(H,19,21);2-3,5H,4H2,1H3;1-2H3. The van der Waals surface area contributed by atoms with E-state index in [9.17, 15) is 22.8 Å². The zero-order chi connectivity index (χ0) is 24.3. The number of alkyl halides is 3. The molecule has 0 saturated heterocycles. The van der Waals surface area contributed by atoms with Crippen molar-refractivity contribution in [2.75, 3.05) is 27.9 Å². The second-order valence-electron chi connectivity index (χ2n) is 6.35. The lowest BCUT2D eigenvalue weighted by atomic mass is 10.0. The second-order valence-corrected chi connectivity index (χ2v) is 6.35. The minimum Gasteiger partial charge on any atom is -0.497 e. The van der Waals surface area contributed by atoms with Gasteiger partial charge in [-0.3, -0.25) is 9.59 Å². The van der Waals surface area contributed by atoms with Gasteiger partial charge in [-0.1, -0.05) is 12.1 Å². The third kappa shape index (κ3) is 7.99. The smallest absolute Gasteiger partial charge is 0.431 e. The van der Waals surface area contributed by atoms with Crippen molar-refractivity contribution in [3.05, 3.63) is 64.5 Å². The maximum absolute atomic E-state index is 13.1. The van der Waals surface area contributed by atoms with E-state index in [1.165, 1.54) is 31.4 Å². The summed E-state index contributed by atoms with van der Waals surface area (Å²) in [6.45, 7) is 2.64. The van der Waals surface area contributed by atoms with Crippen LogP contribution in [0.3, 0.4) is 0 Å². The van der Waals surface area contributed by atoms with Crippen LogP contribution in [0.25, 0.3) is 11.1 Å². The zero-order valence-electron chi connectivity index (χ0n) is 18.0. The van der Waals surface area contributed by atoms with Crippen molar-refractivity contribution in [2.24, 2.45) is 5.73 Å². The van der Waals surface area contributed by atoms with Gasteiger partial charge in [0.15, 0.2) is 0 Å². The summed E-state index contributed by atoms with van der Waals surface area (Å²) in [4.78, 5) is 24.4. The number of amides is 1. The van der Waals surface area contributed by atoms with Crippen molar-refractivity contribution in [2.45, 2.75) is 19.2 Å². The number of hydrogen-bond donors (Lipinski definition) is 2. The van der Waals surface area contributed by atoms with Crippen LogP contribution in [0, 0.1) is 0 Å². The predicted octanol–water partition coefficient (Wildman–Crippen LogP) is 3.32. The van der Waals surface area contributed by atoms with E-state index < -0.39 is 28.9 Å². The SMILES string of the molecule is CC1COC=CO1.COC.COc1ccc(-c2cc(C(N)=O)c(=O)[nH]c2C(F)(F)F)cc1. The number of carbonyl (C=O) groups is 1. The lowest BCUT2D eigenvalue weighted by Crippen LogP contribution is -2.27. The van der Waals surface area contributed by atoms with E-state index in [0.717, 1.165) is 6.07 Å². The van der Waals surface area contributed by atoms with Gasteiger partial charge in [0.25, 0.3) is 11.5 Å². The highest BCUT2D eigenvalue weighted by atomic mass is 19.4. The summed E-state index contributed by atoms with van der Waals surface area (Å²) in [5.41, 5.74) is 1.85. The lowest BCUT2D eigenvalue weighted by molar-refractivity contribution is -0.140. The summed E-state index contributed by atoms with van der Waals surface area (Å²) in [5, 5.41) is 0. The third-order valence-electron chi connectivity index (χ3n) is 3.78. The predicted molar refractivity (Wildman–Crippen MR) is 111 cm³/mol. The minimum absolute atomic E-state index is 0.159. The number of halogens is 3. The normalized spacial score (nSPS) is 14.5. The summed E-state index contributed by atoms with van der Waals surface area (Å²) in [6, 6.07) is 6.53. The Balaban J connectivity index is 0.000000424. The number of nitrogens with two attached hydrogens (primary N) is 1. The highest BCUT2D eigenvalue weighted by Crippen LogP contribution is 2.35. The molecule has 1 unspecified atom stereocenters. The Kier molecular flexibility index (Phi) is 10.3. The van der Waals surface area contributed by atoms with Gasteiger partial charge in [0.2, 0.25) is 0 Å². The van der Waals surface area contributed by atoms with E-state index in [-0.39, 0.29) is 17.2 Å². The molecular weight excluding hydrogens is 433 g/mol. The Morgan fingerprint density at radius 3 is 2.12 bits per heavy atom. The molecule has 8 nitrogen and oxygen atoms in total. The van der Waals surface area contributed by atoms with Gasteiger partial charge in [-0.25, -0.2) is 0 Å². The fourth-order valence-electron chi connectivity index (χ4n) is 2.37. The molecule has 1 amide bonds. The minimum atomic E-state index is -4.79. The number of nitrogens with one attached hydrogen (secondary N) is 1. The highest BCUT2D eigenvalue weighted by Gasteiger charge is 2.36.